The number of amides is 2. The van der Waals surface area contributed by atoms with Crippen molar-refractivity contribution < 1.29 is 9.59 Å². The van der Waals surface area contributed by atoms with E-state index < -0.39 is 0 Å². The van der Waals surface area contributed by atoms with E-state index in [2.05, 4.69) is 27.7 Å². The summed E-state index contributed by atoms with van der Waals surface area (Å²) >= 11 is 0. The van der Waals surface area contributed by atoms with Gasteiger partial charge in [0.2, 0.25) is 5.91 Å². The number of piperidine rings is 1. The monoisotopic (exact) mass is 447 g/mol. The van der Waals surface area contributed by atoms with E-state index in [1.54, 1.807) is 0 Å². The highest BCUT2D eigenvalue weighted by Crippen LogP contribution is 2.23. The summed E-state index contributed by atoms with van der Waals surface area (Å²) in [6.07, 6.45) is 7.91. The van der Waals surface area contributed by atoms with Crippen LogP contribution in [0.1, 0.15) is 72.0 Å². The Bertz CT molecular complexity index is 973. The van der Waals surface area contributed by atoms with Crippen LogP contribution in [0.15, 0.2) is 42.5 Å². The fraction of sp³-hybridized carbons (Fsp3) is 0.500. The fourth-order valence-electron chi connectivity index (χ4n) is 5.01. The molecule has 2 aromatic rings. The van der Waals surface area contributed by atoms with E-state index in [-0.39, 0.29) is 17.7 Å². The molecule has 1 saturated carbocycles. The second kappa shape index (κ2) is 11.0. The molecule has 0 atom stereocenters. The molecule has 2 aromatic carbocycles. The van der Waals surface area contributed by atoms with Crippen LogP contribution in [-0.2, 0) is 11.3 Å². The minimum atomic E-state index is -0.0833. The molecule has 1 aliphatic carbocycles. The van der Waals surface area contributed by atoms with Gasteiger partial charge in [0, 0.05) is 29.8 Å². The summed E-state index contributed by atoms with van der Waals surface area (Å²) in [5, 5.41) is 6.33. The zero-order chi connectivity index (χ0) is 23.2. The van der Waals surface area contributed by atoms with Crippen molar-refractivity contribution in [3.8, 4) is 0 Å². The number of nitrogens with one attached hydrogen (secondary N) is 2. The van der Waals surface area contributed by atoms with Gasteiger partial charge in [-0.1, -0.05) is 37.5 Å². The summed E-state index contributed by atoms with van der Waals surface area (Å²) in [5.74, 6) is 0.324. The second-order valence-corrected chi connectivity index (χ2v) is 9.85. The highest BCUT2D eigenvalue weighted by atomic mass is 16.2. The lowest BCUT2D eigenvalue weighted by atomic mass is 9.92. The maximum absolute atomic E-state index is 12.7. The number of rotatable bonds is 6. The van der Waals surface area contributed by atoms with Gasteiger partial charge < -0.3 is 10.6 Å². The SMILES string of the molecule is Cc1ccc(C(=O)Nc2cccc(CN3CCC(C(=O)NC4CCCCC4)CC3)c2)cc1C. The van der Waals surface area contributed by atoms with Crippen molar-refractivity contribution in [2.75, 3.05) is 18.4 Å². The van der Waals surface area contributed by atoms with Crippen molar-refractivity contribution in [2.45, 2.75) is 71.4 Å². The molecule has 2 amide bonds. The van der Waals surface area contributed by atoms with Crippen molar-refractivity contribution in [1.29, 1.82) is 0 Å². The Morgan fingerprint density at radius 3 is 2.39 bits per heavy atom. The van der Waals surface area contributed by atoms with Crippen LogP contribution < -0.4 is 10.6 Å². The van der Waals surface area contributed by atoms with E-state index in [9.17, 15) is 9.59 Å². The summed E-state index contributed by atoms with van der Waals surface area (Å²) < 4.78 is 0. The number of benzene rings is 2. The highest BCUT2D eigenvalue weighted by Gasteiger charge is 2.27. The van der Waals surface area contributed by atoms with Crippen LogP contribution in [0.2, 0.25) is 0 Å². The lowest BCUT2D eigenvalue weighted by Crippen LogP contribution is -2.44. The summed E-state index contributed by atoms with van der Waals surface area (Å²) in [7, 11) is 0. The number of anilines is 1. The third kappa shape index (κ3) is 6.44. The van der Waals surface area contributed by atoms with Gasteiger partial charge in [-0.3, -0.25) is 14.5 Å². The number of carbonyl (C=O) groups is 2. The van der Waals surface area contributed by atoms with Gasteiger partial charge in [-0.05, 0) is 93.6 Å². The van der Waals surface area contributed by atoms with E-state index in [1.165, 1.54) is 30.4 Å². The second-order valence-electron chi connectivity index (χ2n) is 9.85. The minimum Gasteiger partial charge on any atom is -0.353 e. The van der Waals surface area contributed by atoms with E-state index in [4.69, 9.17) is 0 Å². The number of nitrogens with zero attached hydrogens (tertiary/aromatic N) is 1. The molecule has 2 aliphatic rings. The summed E-state index contributed by atoms with van der Waals surface area (Å²) in [6, 6.07) is 14.3. The van der Waals surface area contributed by atoms with Crippen LogP contribution in [0.4, 0.5) is 5.69 Å². The molecule has 33 heavy (non-hydrogen) atoms. The Morgan fingerprint density at radius 1 is 0.909 bits per heavy atom. The van der Waals surface area contributed by atoms with Gasteiger partial charge in [0.25, 0.3) is 5.91 Å². The molecular formula is C28H37N3O2. The Hall–Kier alpha value is -2.66. The lowest BCUT2D eigenvalue weighted by Gasteiger charge is -2.32. The molecule has 1 saturated heterocycles. The largest absolute Gasteiger partial charge is 0.353 e. The Balaban J connectivity index is 1.27. The van der Waals surface area contributed by atoms with Crippen LogP contribution in [0.3, 0.4) is 0 Å². The maximum atomic E-state index is 12.7. The smallest absolute Gasteiger partial charge is 0.255 e. The molecule has 1 heterocycles. The minimum absolute atomic E-state index is 0.0833. The van der Waals surface area contributed by atoms with Gasteiger partial charge in [0.05, 0.1) is 0 Å². The van der Waals surface area contributed by atoms with Crippen molar-refractivity contribution >= 4 is 17.5 Å². The Labute approximate surface area is 197 Å². The predicted octanol–water partition coefficient (Wildman–Crippen LogP) is 5.22. The van der Waals surface area contributed by atoms with Gasteiger partial charge >= 0.3 is 0 Å². The number of hydrogen-bond acceptors (Lipinski definition) is 3. The van der Waals surface area contributed by atoms with E-state index >= 15 is 0 Å². The lowest BCUT2D eigenvalue weighted by molar-refractivity contribution is -0.127. The van der Waals surface area contributed by atoms with E-state index in [0.717, 1.165) is 56.6 Å². The summed E-state index contributed by atoms with van der Waals surface area (Å²) in [4.78, 5) is 27.7. The zero-order valence-electron chi connectivity index (χ0n) is 20.0. The van der Waals surface area contributed by atoms with Crippen LogP contribution in [0, 0.1) is 19.8 Å². The molecular weight excluding hydrogens is 410 g/mol. The average Bonchev–Trinajstić information content (AvgIpc) is 2.82. The standard InChI is InChI=1S/C28H37N3O2/c1-20-11-12-24(17-21(20)2)28(33)30-26-10-6-7-22(18-26)19-31-15-13-23(14-16-31)27(32)29-25-8-4-3-5-9-25/h6-7,10-12,17-18,23,25H,3-5,8-9,13-16,19H2,1-2H3,(H,29,32)(H,30,33). The van der Waals surface area contributed by atoms with Crippen LogP contribution in [0.25, 0.3) is 0 Å². The average molecular weight is 448 g/mol. The summed E-state index contributed by atoms with van der Waals surface area (Å²) in [5.41, 5.74) is 4.98. The first-order valence-electron chi connectivity index (χ1n) is 12.5. The maximum Gasteiger partial charge on any atom is 0.255 e. The molecule has 1 aliphatic heterocycles. The molecule has 0 bridgehead atoms. The molecule has 0 unspecified atom stereocenters. The number of likely N-dealkylation sites (tertiary alicyclic amines) is 1. The van der Waals surface area contributed by atoms with Gasteiger partial charge in [0.1, 0.15) is 0 Å². The van der Waals surface area contributed by atoms with E-state index in [1.807, 2.05) is 44.2 Å². The molecule has 2 fully saturated rings. The van der Waals surface area contributed by atoms with Gasteiger partial charge in [-0.25, -0.2) is 0 Å². The first-order chi connectivity index (χ1) is 16.0. The van der Waals surface area contributed by atoms with Crippen molar-refractivity contribution in [3.63, 3.8) is 0 Å². The fourth-order valence-corrected chi connectivity index (χ4v) is 5.01. The van der Waals surface area contributed by atoms with Crippen LogP contribution in [-0.4, -0.2) is 35.8 Å². The van der Waals surface area contributed by atoms with Gasteiger partial charge in [0.15, 0.2) is 0 Å². The summed E-state index contributed by atoms with van der Waals surface area (Å²) in [6.45, 7) is 6.77. The van der Waals surface area contributed by atoms with E-state index in [0.29, 0.717) is 11.6 Å². The highest BCUT2D eigenvalue weighted by molar-refractivity contribution is 6.04. The number of carbonyl (C=O) groups excluding carboxylic acids is 2. The topological polar surface area (TPSA) is 61.4 Å². The molecule has 5 nitrogen and oxygen atoms in total. The molecule has 0 radical (unpaired) electrons. The molecule has 5 heteroatoms. The number of hydrogen-bond donors (Lipinski definition) is 2. The van der Waals surface area contributed by atoms with Gasteiger partial charge in [-0.15, -0.1) is 0 Å². The van der Waals surface area contributed by atoms with Crippen molar-refractivity contribution in [1.82, 2.24) is 10.2 Å². The van der Waals surface area contributed by atoms with Gasteiger partial charge in [-0.2, -0.15) is 0 Å². The molecule has 4 rings (SSSR count). The van der Waals surface area contributed by atoms with Crippen molar-refractivity contribution in [3.05, 3.63) is 64.7 Å². The third-order valence-electron chi connectivity index (χ3n) is 7.27. The third-order valence-corrected chi connectivity index (χ3v) is 7.27. The molecule has 2 N–H and O–H groups in total. The first-order valence-corrected chi connectivity index (χ1v) is 12.5. The van der Waals surface area contributed by atoms with Crippen LogP contribution in [0.5, 0.6) is 0 Å². The Morgan fingerprint density at radius 2 is 1.67 bits per heavy atom. The molecule has 0 spiro atoms. The quantitative estimate of drug-likeness (QED) is 0.638. The van der Waals surface area contributed by atoms with Crippen molar-refractivity contribution in [2.24, 2.45) is 5.92 Å². The zero-order valence-corrected chi connectivity index (χ0v) is 20.0. The first kappa shape index (κ1) is 23.5. The van der Waals surface area contributed by atoms with Crippen LogP contribution >= 0.6 is 0 Å². The number of aryl methyl sites for hydroxylation is 2. The molecule has 176 valence electrons. The molecule has 0 aromatic heterocycles. The Kier molecular flexibility index (Phi) is 7.81. The normalized spacial score (nSPS) is 18.1. The predicted molar refractivity (Wildman–Crippen MR) is 133 cm³/mol.